The first-order chi connectivity index (χ1) is 23.5. The second-order valence-corrected chi connectivity index (χ2v) is 15.2. The molecular formula is C33H42N10O2S3. The molecule has 0 spiro atoms. The van der Waals surface area contributed by atoms with Crippen LogP contribution in [0.25, 0.3) is 0 Å². The number of nitrogens with zero attached hydrogens (tertiary/aromatic N) is 6. The predicted octanol–water partition coefficient (Wildman–Crippen LogP) is 3.04. The molecule has 0 unspecified atom stereocenters. The average molecular weight is 707 g/mol. The molecule has 0 aliphatic carbocycles. The Labute approximate surface area is 293 Å². The van der Waals surface area contributed by atoms with Crippen LogP contribution in [0.1, 0.15) is 32.3 Å². The van der Waals surface area contributed by atoms with Crippen LogP contribution in [0.15, 0.2) is 48.5 Å². The number of hydrogen-bond acceptors (Lipinski definition) is 13. The number of benzene rings is 2. The molecule has 4 heterocycles. The van der Waals surface area contributed by atoms with Crippen LogP contribution in [0.3, 0.4) is 0 Å². The van der Waals surface area contributed by atoms with Crippen LogP contribution in [0.4, 0.5) is 10.3 Å². The highest BCUT2D eigenvalue weighted by atomic mass is 32.2. The third kappa shape index (κ3) is 11.1. The number of piperazine rings is 2. The summed E-state index contributed by atoms with van der Waals surface area (Å²) < 4.78 is 0. The smallest absolute Gasteiger partial charge is 0.230 e. The van der Waals surface area contributed by atoms with Crippen LogP contribution in [-0.4, -0.2) is 100 Å². The number of anilines is 2. The SMILES string of the molecule is O=C(Cc1cccc(CN2CCNCC2)c1)Nc1nnc(CCSCc2nnc(NC(=O)Cc3cccc(CN4CCNCC4)c3)s2)s1. The highest BCUT2D eigenvalue weighted by Gasteiger charge is 2.14. The molecule has 12 nitrogen and oxygen atoms in total. The zero-order valence-corrected chi connectivity index (χ0v) is 29.4. The van der Waals surface area contributed by atoms with E-state index in [1.165, 1.54) is 33.8 Å². The molecule has 4 aromatic rings. The summed E-state index contributed by atoms with van der Waals surface area (Å²) in [5.74, 6) is 1.33. The number of amides is 2. The van der Waals surface area contributed by atoms with Crippen molar-refractivity contribution in [3.63, 3.8) is 0 Å². The minimum absolute atomic E-state index is 0.0927. The van der Waals surface area contributed by atoms with E-state index in [4.69, 9.17) is 0 Å². The number of hydrogen-bond donors (Lipinski definition) is 4. The van der Waals surface area contributed by atoms with Crippen LogP contribution in [0, 0.1) is 0 Å². The number of nitrogens with one attached hydrogen (secondary N) is 4. The number of thioether (sulfide) groups is 1. The molecule has 2 saturated heterocycles. The Morgan fingerprint density at radius 3 is 1.71 bits per heavy atom. The van der Waals surface area contributed by atoms with Crippen LogP contribution in [0.2, 0.25) is 0 Å². The molecule has 2 amide bonds. The van der Waals surface area contributed by atoms with Gasteiger partial charge in [-0.15, -0.1) is 20.4 Å². The summed E-state index contributed by atoms with van der Waals surface area (Å²) in [6, 6.07) is 16.5. The lowest BCUT2D eigenvalue weighted by molar-refractivity contribution is -0.116. The highest BCUT2D eigenvalue weighted by molar-refractivity contribution is 7.98. The van der Waals surface area contributed by atoms with Crippen molar-refractivity contribution in [2.24, 2.45) is 0 Å². The van der Waals surface area contributed by atoms with Gasteiger partial charge in [0.05, 0.1) is 12.8 Å². The van der Waals surface area contributed by atoms with Crippen LogP contribution < -0.4 is 21.3 Å². The Bertz CT molecular complexity index is 1520. The van der Waals surface area contributed by atoms with E-state index < -0.39 is 0 Å². The maximum atomic E-state index is 12.7. The number of carbonyl (C=O) groups is 2. The van der Waals surface area contributed by atoms with Crippen molar-refractivity contribution in [3.8, 4) is 0 Å². The molecule has 2 aliphatic rings. The normalized spacial score (nSPS) is 15.8. The summed E-state index contributed by atoms with van der Waals surface area (Å²) in [6.45, 7) is 10.0. The average Bonchev–Trinajstić information content (AvgIpc) is 3.73. The van der Waals surface area contributed by atoms with Gasteiger partial charge >= 0.3 is 0 Å². The Balaban J connectivity index is 0.877. The Hall–Kier alpha value is -3.31. The molecule has 2 aromatic heterocycles. The van der Waals surface area contributed by atoms with Crippen molar-refractivity contribution in [1.82, 2.24) is 40.8 Å². The largest absolute Gasteiger partial charge is 0.314 e. The fourth-order valence-corrected chi connectivity index (χ4v) is 8.35. The minimum atomic E-state index is -0.0943. The number of carbonyl (C=O) groups excluding carboxylic acids is 2. The van der Waals surface area contributed by atoms with E-state index in [2.05, 4.69) is 75.7 Å². The van der Waals surface area contributed by atoms with Crippen molar-refractivity contribution in [3.05, 3.63) is 80.8 Å². The van der Waals surface area contributed by atoms with Gasteiger partial charge in [0.1, 0.15) is 10.0 Å². The first-order valence-electron chi connectivity index (χ1n) is 16.4. The van der Waals surface area contributed by atoms with Gasteiger partial charge in [0.15, 0.2) is 0 Å². The molecule has 4 N–H and O–H groups in total. The van der Waals surface area contributed by atoms with Gasteiger partial charge in [0.25, 0.3) is 0 Å². The molecule has 0 radical (unpaired) electrons. The van der Waals surface area contributed by atoms with Crippen LogP contribution in [-0.2, 0) is 47.7 Å². The molecule has 6 rings (SSSR count). The lowest BCUT2D eigenvalue weighted by atomic mass is 10.1. The topological polar surface area (TPSA) is 140 Å². The Kier molecular flexibility index (Phi) is 12.9. The summed E-state index contributed by atoms with van der Waals surface area (Å²) in [5.41, 5.74) is 4.44. The molecule has 254 valence electrons. The van der Waals surface area contributed by atoms with Crippen molar-refractivity contribution < 1.29 is 9.59 Å². The lowest BCUT2D eigenvalue weighted by Crippen LogP contribution is -2.42. The Morgan fingerprint density at radius 1 is 0.688 bits per heavy atom. The Morgan fingerprint density at radius 2 is 1.17 bits per heavy atom. The van der Waals surface area contributed by atoms with Gasteiger partial charge in [0, 0.05) is 83.4 Å². The molecule has 2 fully saturated rings. The zero-order chi connectivity index (χ0) is 33.0. The molecule has 0 atom stereocenters. The van der Waals surface area contributed by atoms with Crippen LogP contribution >= 0.6 is 34.4 Å². The van der Waals surface area contributed by atoms with Gasteiger partial charge in [-0.25, -0.2) is 0 Å². The van der Waals surface area contributed by atoms with Crippen molar-refractivity contribution >= 4 is 56.5 Å². The molecule has 48 heavy (non-hydrogen) atoms. The summed E-state index contributed by atoms with van der Waals surface area (Å²) in [4.78, 5) is 30.3. The van der Waals surface area contributed by atoms with Crippen molar-refractivity contribution in [2.45, 2.75) is 38.1 Å². The number of rotatable bonds is 15. The molecule has 0 saturated carbocycles. The van der Waals surface area contributed by atoms with E-state index in [1.54, 1.807) is 11.8 Å². The summed E-state index contributed by atoms with van der Waals surface area (Å²) in [5, 5.41) is 32.2. The lowest BCUT2D eigenvalue weighted by Gasteiger charge is -2.27. The molecule has 0 bridgehead atoms. The number of aryl methyl sites for hydroxylation is 1. The zero-order valence-electron chi connectivity index (χ0n) is 26.9. The maximum absolute atomic E-state index is 12.7. The quantitative estimate of drug-likeness (QED) is 0.136. The first-order valence-corrected chi connectivity index (χ1v) is 19.2. The van der Waals surface area contributed by atoms with Gasteiger partial charge in [-0.2, -0.15) is 11.8 Å². The van der Waals surface area contributed by atoms with E-state index in [0.29, 0.717) is 28.9 Å². The summed E-state index contributed by atoms with van der Waals surface area (Å²) >= 11 is 4.53. The fourth-order valence-electron chi connectivity index (χ4n) is 5.72. The molecule has 15 heteroatoms. The molecule has 2 aliphatic heterocycles. The third-order valence-corrected chi connectivity index (χ3v) is 10.9. The number of aromatic nitrogens is 4. The minimum Gasteiger partial charge on any atom is -0.314 e. The summed E-state index contributed by atoms with van der Waals surface area (Å²) in [6.07, 6.45) is 1.34. The molecule has 2 aromatic carbocycles. The van der Waals surface area contributed by atoms with Gasteiger partial charge in [0.2, 0.25) is 22.1 Å². The predicted molar refractivity (Wildman–Crippen MR) is 194 cm³/mol. The third-order valence-electron chi connectivity index (χ3n) is 8.06. The highest BCUT2D eigenvalue weighted by Crippen LogP contribution is 2.23. The van der Waals surface area contributed by atoms with E-state index in [9.17, 15) is 9.59 Å². The van der Waals surface area contributed by atoms with Gasteiger partial charge in [-0.1, -0.05) is 71.2 Å². The van der Waals surface area contributed by atoms with Crippen molar-refractivity contribution in [1.29, 1.82) is 0 Å². The first kappa shape index (κ1) is 34.5. The van der Waals surface area contributed by atoms with Crippen LogP contribution in [0.5, 0.6) is 0 Å². The van der Waals surface area contributed by atoms with E-state index >= 15 is 0 Å². The van der Waals surface area contributed by atoms with Gasteiger partial charge < -0.3 is 21.3 Å². The van der Waals surface area contributed by atoms with E-state index in [-0.39, 0.29) is 11.8 Å². The van der Waals surface area contributed by atoms with Gasteiger partial charge in [-0.3, -0.25) is 19.4 Å². The van der Waals surface area contributed by atoms with E-state index in [0.717, 1.165) is 98.8 Å². The van der Waals surface area contributed by atoms with Crippen molar-refractivity contribution in [2.75, 3.05) is 68.7 Å². The maximum Gasteiger partial charge on any atom is 0.230 e. The second kappa shape index (κ2) is 17.9. The van der Waals surface area contributed by atoms with Gasteiger partial charge in [-0.05, 0) is 22.3 Å². The standard InChI is InChI=1S/C33H42N10O2S3/c44-28(19-24-3-1-5-26(17-24)21-42-12-8-34-9-13-42)36-32-40-38-30(47-32)7-16-46-23-31-39-41-33(48-31)37-29(45)20-25-4-2-6-27(18-25)22-43-14-10-35-11-15-43/h1-6,17-18,34-35H,7-16,19-23H2,(H,36,40,44)(H,37,41,45). The monoisotopic (exact) mass is 706 g/mol. The second-order valence-electron chi connectivity index (χ2n) is 11.9. The summed E-state index contributed by atoms with van der Waals surface area (Å²) in [7, 11) is 0. The molecular weight excluding hydrogens is 665 g/mol. The fraction of sp³-hybridized carbons (Fsp3) is 0.455. The van der Waals surface area contributed by atoms with E-state index in [1.807, 2.05) is 24.3 Å².